The standard InChI is InChI=1S/C26H30N4O/c1-18(2)20-10-12-23(13-11-20)27-26(31)22-5-4-16-30(17-22)25-15-14-24(28-29-25)21-8-6-19(3)7-9-21/h6-15,18,22H,4-5,16-17H2,1-3H3,(H,27,31)/t22-/m1/s1. The molecule has 1 amide bonds. The van der Waals surface area contributed by atoms with Crippen LogP contribution in [0, 0.1) is 12.8 Å². The summed E-state index contributed by atoms with van der Waals surface area (Å²) in [5.74, 6) is 1.33. The van der Waals surface area contributed by atoms with Crippen LogP contribution in [0.2, 0.25) is 0 Å². The van der Waals surface area contributed by atoms with E-state index in [0.29, 0.717) is 12.5 Å². The van der Waals surface area contributed by atoms with Gasteiger partial charge in [0, 0.05) is 24.3 Å². The van der Waals surface area contributed by atoms with Gasteiger partial charge in [-0.25, -0.2) is 0 Å². The van der Waals surface area contributed by atoms with Gasteiger partial charge in [0.05, 0.1) is 11.6 Å². The summed E-state index contributed by atoms with van der Waals surface area (Å²) in [5, 5.41) is 12.0. The van der Waals surface area contributed by atoms with Crippen LogP contribution < -0.4 is 10.2 Å². The minimum Gasteiger partial charge on any atom is -0.354 e. The Bertz CT molecular complexity index is 1010. The van der Waals surface area contributed by atoms with Gasteiger partial charge in [-0.3, -0.25) is 4.79 Å². The molecule has 0 aliphatic carbocycles. The molecule has 5 heteroatoms. The largest absolute Gasteiger partial charge is 0.354 e. The zero-order valence-corrected chi connectivity index (χ0v) is 18.5. The number of carbonyl (C=O) groups excluding carboxylic acids is 1. The van der Waals surface area contributed by atoms with E-state index in [-0.39, 0.29) is 11.8 Å². The normalized spacial score (nSPS) is 16.4. The number of amides is 1. The van der Waals surface area contributed by atoms with Crippen LogP contribution in [0.4, 0.5) is 11.5 Å². The smallest absolute Gasteiger partial charge is 0.229 e. The third-order valence-corrected chi connectivity index (χ3v) is 5.96. The van der Waals surface area contributed by atoms with E-state index in [1.807, 2.05) is 24.3 Å². The van der Waals surface area contributed by atoms with Crippen molar-refractivity contribution in [3.63, 3.8) is 0 Å². The van der Waals surface area contributed by atoms with Crippen LogP contribution in [0.15, 0.2) is 60.7 Å². The Labute approximate surface area is 184 Å². The third-order valence-electron chi connectivity index (χ3n) is 5.96. The predicted molar refractivity (Wildman–Crippen MR) is 126 cm³/mol. The number of rotatable bonds is 5. The molecule has 2 heterocycles. The van der Waals surface area contributed by atoms with Gasteiger partial charge in [-0.15, -0.1) is 10.2 Å². The van der Waals surface area contributed by atoms with E-state index in [9.17, 15) is 4.79 Å². The van der Waals surface area contributed by atoms with Gasteiger partial charge in [-0.1, -0.05) is 55.8 Å². The molecule has 0 unspecified atom stereocenters. The van der Waals surface area contributed by atoms with E-state index in [1.54, 1.807) is 0 Å². The van der Waals surface area contributed by atoms with Crippen molar-refractivity contribution in [3.8, 4) is 11.3 Å². The molecule has 1 N–H and O–H groups in total. The Morgan fingerprint density at radius 3 is 2.39 bits per heavy atom. The van der Waals surface area contributed by atoms with Crippen LogP contribution in [-0.2, 0) is 4.79 Å². The van der Waals surface area contributed by atoms with E-state index < -0.39 is 0 Å². The van der Waals surface area contributed by atoms with Crippen LogP contribution >= 0.6 is 0 Å². The highest BCUT2D eigenvalue weighted by atomic mass is 16.1. The second kappa shape index (κ2) is 9.29. The molecule has 1 saturated heterocycles. The van der Waals surface area contributed by atoms with E-state index in [0.717, 1.165) is 42.1 Å². The summed E-state index contributed by atoms with van der Waals surface area (Å²) < 4.78 is 0. The first kappa shape index (κ1) is 21.0. The molecule has 0 radical (unpaired) electrons. The number of aromatic nitrogens is 2. The molecule has 0 saturated carbocycles. The maximum absolute atomic E-state index is 12.9. The van der Waals surface area contributed by atoms with Gasteiger partial charge in [0.1, 0.15) is 0 Å². The van der Waals surface area contributed by atoms with E-state index in [2.05, 4.69) is 77.6 Å². The molecule has 1 atom stereocenters. The fourth-order valence-electron chi connectivity index (χ4n) is 3.97. The Hall–Kier alpha value is -3.21. The van der Waals surface area contributed by atoms with Crippen molar-refractivity contribution >= 4 is 17.4 Å². The lowest BCUT2D eigenvalue weighted by Gasteiger charge is -2.32. The lowest BCUT2D eigenvalue weighted by atomic mass is 9.96. The average Bonchev–Trinajstić information content (AvgIpc) is 2.80. The van der Waals surface area contributed by atoms with Crippen LogP contribution in [-0.4, -0.2) is 29.2 Å². The molecular formula is C26H30N4O. The maximum Gasteiger partial charge on any atom is 0.229 e. The third kappa shape index (κ3) is 5.10. The molecule has 5 nitrogen and oxygen atoms in total. The van der Waals surface area contributed by atoms with E-state index in [1.165, 1.54) is 11.1 Å². The number of aryl methyl sites for hydroxylation is 1. The number of benzene rings is 2. The molecule has 0 spiro atoms. The van der Waals surface area contributed by atoms with Crippen molar-refractivity contribution in [2.75, 3.05) is 23.3 Å². The van der Waals surface area contributed by atoms with Gasteiger partial charge >= 0.3 is 0 Å². The molecule has 2 aromatic carbocycles. The monoisotopic (exact) mass is 414 g/mol. The first-order chi connectivity index (χ1) is 15.0. The van der Waals surface area contributed by atoms with Crippen LogP contribution in [0.25, 0.3) is 11.3 Å². The number of nitrogens with one attached hydrogen (secondary N) is 1. The Morgan fingerprint density at radius 2 is 1.74 bits per heavy atom. The average molecular weight is 415 g/mol. The minimum absolute atomic E-state index is 0.0582. The Morgan fingerprint density at radius 1 is 1.00 bits per heavy atom. The number of hydrogen-bond donors (Lipinski definition) is 1. The lowest BCUT2D eigenvalue weighted by Crippen LogP contribution is -2.41. The minimum atomic E-state index is -0.0582. The molecule has 1 aliphatic heterocycles. The summed E-state index contributed by atoms with van der Waals surface area (Å²) in [6.45, 7) is 7.96. The number of anilines is 2. The molecular weight excluding hydrogens is 384 g/mol. The molecule has 31 heavy (non-hydrogen) atoms. The van der Waals surface area contributed by atoms with Gasteiger partial charge in [0.15, 0.2) is 5.82 Å². The summed E-state index contributed by atoms with van der Waals surface area (Å²) in [6.07, 6.45) is 1.85. The number of nitrogens with zero attached hydrogens (tertiary/aromatic N) is 3. The fraction of sp³-hybridized carbons (Fsp3) is 0.346. The number of hydrogen-bond acceptors (Lipinski definition) is 4. The maximum atomic E-state index is 12.9. The summed E-state index contributed by atoms with van der Waals surface area (Å²) in [4.78, 5) is 15.0. The van der Waals surface area contributed by atoms with Crippen molar-refractivity contribution < 1.29 is 4.79 Å². The van der Waals surface area contributed by atoms with Gasteiger partial charge < -0.3 is 10.2 Å². The second-order valence-electron chi connectivity index (χ2n) is 8.69. The predicted octanol–water partition coefficient (Wildman–Crippen LogP) is 5.43. The second-order valence-corrected chi connectivity index (χ2v) is 8.69. The summed E-state index contributed by atoms with van der Waals surface area (Å²) >= 11 is 0. The van der Waals surface area contributed by atoms with Crippen molar-refractivity contribution in [3.05, 3.63) is 71.8 Å². The van der Waals surface area contributed by atoms with Gasteiger partial charge in [-0.05, 0) is 55.5 Å². The first-order valence-corrected chi connectivity index (χ1v) is 11.1. The molecule has 0 bridgehead atoms. The van der Waals surface area contributed by atoms with Crippen LogP contribution in [0.3, 0.4) is 0 Å². The van der Waals surface area contributed by atoms with Gasteiger partial charge in [0.25, 0.3) is 0 Å². The number of carbonyl (C=O) groups is 1. The SMILES string of the molecule is Cc1ccc(-c2ccc(N3CCC[C@@H](C(=O)Nc4ccc(C(C)C)cc4)C3)nn2)cc1. The fourth-order valence-corrected chi connectivity index (χ4v) is 3.97. The highest BCUT2D eigenvalue weighted by Crippen LogP contribution is 2.25. The Balaban J connectivity index is 1.39. The molecule has 1 fully saturated rings. The van der Waals surface area contributed by atoms with E-state index >= 15 is 0 Å². The highest BCUT2D eigenvalue weighted by Gasteiger charge is 2.27. The van der Waals surface area contributed by atoms with Crippen molar-refractivity contribution in [2.24, 2.45) is 5.92 Å². The van der Waals surface area contributed by atoms with Crippen molar-refractivity contribution in [1.29, 1.82) is 0 Å². The van der Waals surface area contributed by atoms with E-state index in [4.69, 9.17) is 0 Å². The zero-order chi connectivity index (χ0) is 21.8. The molecule has 1 aromatic heterocycles. The summed E-state index contributed by atoms with van der Waals surface area (Å²) in [5.41, 5.74) is 5.27. The van der Waals surface area contributed by atoms with Crippen LogP contribution in [0.1, 0.15) is 43.7 Å². The molecule has 1 aliphatic rings. The van der Waals surface area contributed by atoms with Crippen LogP contribution in [0.5, 0.6) is 0 Å². The van der Waals surface area contributed by atoms with Crippen molar-refractivity contribution in [1.82, 2.24) is 10.2 Å². The van der Waals surface area contributed by atoms with Crippen molar-refractivity contribution in [2.45, 2.75) is 39.5 Å². The first-order valence-electron chi connectivity index (χ1n) is 11.1. The summed E-state index contributed by atoms with van der Waals surface area (Å²) in [6, 6.07) is 20.4. The number of piperidine rings is 1. The topological polar surface area (TPSA) is 58.1 Å². The summed E-state index contributed by atoms with van der Waals surface area (Å²) in [7, 11) is 0. The molecule has 160 valence electrons. The molecule has 3 aromatic rings. The Kier molecular flexibility index (Phi) is 6.31. The van der Waals surface area contributed by atoms with Gasteiger partial charge in [0.2, 0.25) is 5.91 Å². The zero-order valence-electron chi connectivity index (χ0n) is 18.5. The molecule has 4 rings (SSSR count). The lowest BCUT2D eigenvalue weighted by molar-refractivity contribution is -0.120. The highest BCUT2D eigenvalue weighted by molar-refractivity contribution is 5.93. The van der Waals surface area contributed by atoms with Gasteiger partial charge in [-0.2, -0.15) is 0 Å². The quantitative estimate of drug-likeness (QED) is 0.605.